The van der Waals surface area contributed by atoms with Crippen molar-refractivity contribution in [2.75, 3.05) is 13.1 Å². The predicted molar refractivity (Wildman–Crippen MR) is 79.0 cm³/mol. The van der Waals surface area contributed by atoms with Crippen LogP contribution >= 0.6 is 0 Å². The molecule has 18 heavy (non-hydrogen) atoms. The summed E-state index contributed by atoms with van der Waals surface area (Å²) < 4.78 is 0. The van der Waals surface area contributed by atoms with Crippen molar-refractivity contribution in [3.05, 3.63) is 34.9 Å². The number of hydrogen-bond donors (Lipinski definition) is 1. The van der Waals surface area contributed by atoms with Crippen LogP contribution in [0.2, 0.25) is 0 Å². The molecule has 1 aliphatic rings. The first kappa shape index (κ1) is 13.6. The Balaban J connectivity index is 2.03. The minimum atomic E-state index is 0.892. The third-order valence-electron chi connectivity index (χ3n) is 4.58. The molecule has 0 amide bonds. The minimum Gasteiger partial charge on any atom is -0.317 e. The van der Waals surface area contributed by atoms with Gasteiger partial charge in [0.25, 0.3) is 0 Å². The molecule has 1 aromatic rings. The molecule has 1 fully saturated rings. The van der Waals surface area contributed by atoms with E-state index in [1.807, 2.05) is 0 Å². The summed E-state index contributed by atoms with van der Waals surface area (Å²) >= 11 is 0. The number of rotatable bonds is 5. The van der Waals surface area contributed by atoms with Crippen LogP contribution < -0.4 is 5.32 Å². The molecule has 1 N–H and O–H groups in total. The largest absolute Gasteiger partial charge is 0.317 e. The fourth-order valence-corrected chi connectivity index (χ4v) is 3.41. The second-order valence-corrected chi connectivity index (χ2v) is 5.83. The van der Waals surface area contributed by atoms with E-state index in [1.165, 1.54) is 43.4 Å². The topological polar surface area (TPSA) is 12.0 Å². The summed E-state index contributed by atoms with van der Waals surface area (Å²) in [6.07, 6.45) is 5.55. The molecule has 0 aromatic heterocycles. The van der Waals surface area contributed by atoms with Crippen molar-refractivity contribution >= 4 is 0 Å². The molecule has 1 heteroatoms. The van der Waals surface area contributed by atoms with E-state index in [-0.39, 0.29) is 0 Å². The van der Waals surface area contributed by atoms with Crippen LogP contribution in [-0.4, -0.2) is 13.1 Å². The van der Waals surface area contributed by atoms with Crippen molar-refractivity contribution < 1.29 is 0 Å². The number of aryl methyl sites for hydroxylation is 2. The van der Waals surface area contributed by atoms with Crippen molar-refractivity contribution in [2.45, 2.75) is 46.5 Å². The molecule has 0 aliphatic heterocycles. The Hall–Kier alpha value is -0.820. The average Bonchev–Trinajstić information content (AvgIpc) is 2.79. The van der Waals surface area contributed by atoms with Crippen molar-refractivity contribution in [3.63, 3.8) is 0 Å². The molecular weight excluding hydrogens is 218 g/mol. The molecule has 1 aromatic carbocycles. The third kappa shape index (κ3) is 3.14. The lowest BCUT2D eigenvalue weighted by molar-refractivity contribution is 0.367. The number of benzene rings is 1. The van der Waals surface area contributed by atoms with E-state index < -0.39 is 0 Å². The van der Waals surface area contributed by atoms with Gasteiger partial charge < -0.3 is 5.32 Å². The normalized spacial score (nSPS) is 23.5. The monoisotopic (exact) mass is 245 g/mol. The van der Waals surface area contributed by atoms with Gasteiger partial charge in [0.15, 0.2) is 0 Å². The second-order valence-electron chi connectivity index (χ2n) is 5.83. The summed E-state index contributed by atoms with van der Waals surface area (Å²) in [5, 5.41) is 3.54. The minimum absolute atomic E-state index is 0.892. The van der Waals surface area contributed by atoms with Crippen LogP contribution in [0.1, 0.15) is 42.9 Å². The molecular formula is C17H27N. The van der Waals surface area contributed by atoms with Gasteiger partial charge in [-0.2, -0.15) is 0 Å². The Morgan fingerprint density at radius 1 is 1.11 bits per heavy atom. The van der Waals surface area contributed by atoms with Crippen LogP contribution in [0, 0.1) is 25.7 Å². The summed E-state index contributed by atoms with van der Waals surface area (Å²) in [5.74, 6) is 1.79. The van der Waals surface area contributed by atoms with Crippen LogP contribution in [0.3, 0.4) is 0 Å². The zero-order chi connectivity index (χ0) is 13.0. The Bertz CT molecular complexity index is 363. The fraction of sp³-hybridized carbons (Fsp3) is 0.647. The molecule has 0 spiro atoms. The maximum absolute atomic E-state index is 3.54. The van der Waals surface area contributed by atoms with Crippen molar-refractivity contribution in [1.29, 1.82) is 0 Å². The van der Waals surface area contributed by atoms with Gasteiger partial charge in [-0.25, -0.2) is 0 Å². The third-order valence-corrected chi connectivity index (χ3v) is 4.58. The highest BCUT2D eigenvalue weighted by atomic mass is 14.8. The Morgan fingerprint density at radius 2 is 1.78 bits per heavy atom. The number of nitrogens with one attached hydrogen (secondary N) is 1. The van der Waals surface area contributed by atoms with E-state index in [4.69, 9.17) is 0 Å². The van der Waals surface area contributed by atoms with Gasteiger partial charge in [0.2, 0.25) is 0 Å². The zero-order valence-electron chi connectivity index (χ0n) is 12.1. The maximum Gasteiger partial charge on any atom is -0.00179 e. The summed E-state index contributed by atoms with van der Waals surface area (Å²) in [5.41, 5.74) is 4.55. The van der Waals surface area contributed by atoms with E-state index in [0.29, 0.717) is 0 Å². The van der Waals surface area contributed by atoms with Gasteiger partial charge in [0.1, 0.15) is 0 Å². The first-order valence-electron chi connectivity index (χ1n) is 7.48. The standard InChI is InChI=1S/C17H27N/c1-4-18-12-16-10-6-9-15(16)11-17-13(2)7-5-8-14(17)3/h5,7-8,15-16,18H,4,6,9-12H2,1-3H3. The first-order chi connectivity index (χ1) is 8.72. The van der Waals surface area contributed by atoms with Crippen molar-refractivity contribution in [2.24, 2.45) is 11.8 Å². The maximum atomic E-state index is 3.54. The highest BCUT2D eigenvalue weighted by Gasteiger charge is 2.27. The summed E-state index contributed by atoms with van der Waals surface area (Å²) in [7, 11) is 0. The summed E-state index contributed by atoms with van der Waals surface area (Å²) in [4.78, 5) is 0. The molecule has 0 heterocycles. The molecule has 1 nitrogen and oxygen atoms in total. The van der Waals surface area contributed by atoms with E-state index >= 15 is 0 Å². The second kappa shape index (κ2) is 6.38. The average molecular weight is 245 g/mol. The van der Waals surface area contributed by atoms with Gasteiger partial charge in [-0.05, 0) is 74.7 Å². The molecule has 2 rings (SSSR count). The lowest BCUT2D eigenvalue weighted by Crippen LogP contribution is -2.26. The molecule has 2 atom stereocenters. The van der Waals surface area contributed by atoms with Gasteiger partial charge in [0, 0.05) is 0 Å². The van der Waals surface area contributed by atoms with Gasteiger partial charge in [-0.3, -0.25) is 0 Å². The van der Waals surface area contributed by atoms with Crippen LogP contribution in [0.5, 0.6) is 0 Å². The first-order valence-corrected chi connectivity index (χ1v) is 7.48. The van der Waals surface area contributed by atoms with Crippen molar-refractivity contribution in [1.82, 2.24) is 5.32 Å². The lowest BCUT2D eigenvalue weighted by atomic mass is 9.86. The fourth-order valence-electron chi connectivity index (χ4n) is 3.41. The quantitative estimate of drug-likeness (QED) is 0.830. The molecule has 2 unspecified atom stereocenters. The Labute approximate surface area is 112 Å². The SMILES string of the molecule is CCNCC1CCCC1Cc1c(C)cccc1C. The zero-order valence-corrected chi connectivity index (χ0v) is 12.1. The predicted octanol–water partition coefficient (Wildman–Crippen LogP) is 3.87. The molecule has 0 bridgehead atoms. The van der Waals surface area contributed by atoms with E-state index in [2.05, 4.69) is 44.3 Å². The highest BCUT2D eigenvalue weighted by molar-refractivity contribution is 5.33. The molecule has 1 saturated carbocycles. The number of hydrogen-bond acceptors (Lipinski definition) is 1. The molecule has 0 radical (unpaired) electrons. The van der Waals surface area contributed by atoms with E-state index in [1.54, 1.807) is 5.56 Å². The van der Waals surface area contributed by atoms with Gasteiger partial charge in [-0.1, -0.05) is 31.5 Å². The highest BCUT2D eigenvalue weighted by Crippen LogP contribution is 2.35. The lowest BCUT2D eigenvalue weighted by Gasteiger charge is -2.22. The van der Waals surface area contributed by atoms with Crippen molar-refractivity contribution in [3.8, 4) is 0 Å². The molecule has 100 valence electrons. The summed E-state index contributed by atoms with van der Waals surface area (Å²) in [6, 6.07) is 6.70. The Morgan fingerprint density at radius 3 is 2.44 bits per heavy atom. The molecule has 0 saturated heterocycles. The van der Waals surface area contributed by atoms with Gasteiger partial charge in [-0.15, -0.1) is 0 Å². The van der Waals surface area contributed by atoms with Gasteiger partial charge >= 0.3 is 0 Å². The van der Waals surface area contributed by atoms with E-state index in [0.717, 1.165) is 18.4 Å². The smallest absolute Gasteiger partial charge is 0.00179 e. The van der Waals surface area contributed by atoms with Crippen LogP contribution in [0.25, 0.3) is 0 Å². The van der Waals surface area contributed by atoms with Crippen LogP contribution in [0.4, 0.5) is 0 Å². The summed E-state index contributed by atoms with van der Waals surface area (Å²) in [6.45, 7) is 9.04. The molecule has 1 aliphatic carbocycles. The van der Waals surface area contributed by atoms with Crippen LogP contribution in [0.15, 0.2) is 18.2 Å². The Kier molecular flexibility index (Phi) is 4.82. The van der Waals surface area contributed by atoms with E-state index in [9.17, 15) is 0 Å². The van der Waals surface area contributed by atoms with Crippen LogP contribution in [-0.2, 0) is 6.42 Å². The van der Waals surface area contributed by atoms with Gasteiger partial charge in [0.05, 0.1) is 0 Å².